The minimum atomic E-state index is -1.06. The number of rotatable bonds is 5. The van der Waals surface area contributed by atoms with Gasteiger partial charge in [0.1, 0.15) is 0 Å². The maximum atomic E-state index is 12.4. The first-order valence-electron chi connectivity index (χ1n) is 8.34. The predicted octanol–water partition coefficient (Wildman–Crippen LogP) is 2.78. The molecule has 3 rings (SSSR count). The molecule has 0 radical (unpaired) electrons. The first-order valence-corrected chi connectivity index (χ1v) is 9.22. The van der Waals surface area contributed by atoms with Gasteiger partial charge in [-0.05, 0) is 36.4 Å². The number of hydrogen-bond acceptors (Lipinski definition) is 5. The van der Waals surface area contributed by atoms with Crippen LogP contribution in [0.5, 0.6) is 0 Å². The molecule has 0 aliphatic carbocycles. The molecule has 0 saturated carbocycles. The van der Waals surface area contributed by atoms with Crippen LogP contribution in [0.25, 0.3) is 0 Å². The summed E-state index contributed by atoms with van der Waals surface area (Å²) in [4.78, 5) is 47.5. The van der Waals surface area contributed by atoms with Crippen molar-refractivity contribution in [1.82, 2.24) is 0 Å². The van der Waals surface area contributed by atoms with Gasteiger partial charge in [-0.15, -0.1) is 11.8 Å². The zero-order valence-corrected chi connectivity index (χ0v) is 15.6. The molecule has 8 nitrogen and oxygen atoms in total. The number of aromatic carboxylic acids is 1. The molecule has 2 aromatic rings. The van der Waals surface area contributed by atoms with Crippen molar-refractivity contribution in [3.05, 3.63) is 48.0 Å². The Morgan fingerprint density at radius 1 is 1.11 bits per heavy atom. The summed E-state index contributed by atoms with van der Waals surface area (Å²) >= 11 is 1.15. The van der Waals surface area contributed by atoms with Gasteiger partial charge in [-0.3, -0.25) is 14.4 Å². The number of anilines is 3. The zero-order chi connectivity index (χ0) is 20.3. The van der Waals surface area contributed by atoms with E-state index in [1.165, 1.54) is 25.1 Å². The van der Waals surface area contributed by atoms with E-state index in [4.69, 9.17) is 5.11 Å². The molecule has 0 fully saturated rings. The molecule has 3 amide bonds. The Bertz CT molecular complexity index is 976. The fourth-order valence-electron chi connectivity index (χ4n) is 2.67. The molecule has 0 bridgehead atoms. The maximum Gasteiger partial charge on any atom is 0.335 e. The monoisotopic (exact) mass is 399 g/mol. The minimum Gasteiger partial charge on any atom is -0.478 e. The Morgan fingerprint density at radius 2 is 1.82 bits per heavy atom. The van der Waals surface area contributed by atoms with Crippen LogP contribution in [0.2, 0.25) is 0 Å². The molecule has 0 spiro atoms. The van der Waals surface area contributed by atoms with Crippen LogP contribution in [0.3, 0.4) is 0 Å². The summed E-state index contributed by atoms with van der Waals surface area (Å²) in [6, 6.07) is 11.1. The van der Waals surface area contributed by atoms with Gasteiger partial charge in [-0.25, -0.2) is 4.79 Å². The van der Waals surface area contributed by atoms with Crippen molar-refractivity contribution in [2.24, 2.45) is 0 Å². The SMILES string of the molecule is CC(=O)Nc1cccc(NC(=O)CC2Sc3cc(C(=O)O)ccc3NC2=O)c1. The van der Waals surface area contributed by atoms with E-state index >= 15 is 0 Å². The zero-order valence-electron chi connectivity index (χ0n) is 14.8. The molecule has 144 valence electrons. The van der Waals surface area contributed by atoms with Gasteiger partial charge >= 0.3 is 5.97 Å². The average Bonchev–Trinajstić information content (AvgIpc) is 2.61. The van der Waals surface area contributed by atoms with Crippen molar-refractivity contribution in [3.63, 3.8) is 0 Å². The van der Waals surface area contributed by atoms with Crippen LogP contribution < -0.4 is 16.0 Å². The highest BCUT2D eigenvalue weighted by molar-refractivity contribution is 8.01. The number of nitrogens with one attached hydrogen (secondary N) is 3. The van der Waals surface area contributed by atoms with Crippen LogP contribution in [0.1, 0.15) is 23.7 Å². The van der Waals surface area contributed by atoms with Gasteiger partial charge in [-0.1, -0.05) is 6.07 Å². The number of carbonyl (C=O) groups is 4. The third kappa shape index (κ3) is 4.68. The minimum absolute atomic E-state index is 0.0857. The van der Waals surface area contributed by atoms with E-state index in [0.717, 1.165) is 11.8 Å². The standard InChI is InChI=1S/C19H17N3O5S/c1-10(23)20-12-3-2-4-13(8-12)21-17(24)9-16-18(25)22-14-6-5-11(19(26)27)7-15(14)28-16/h2-8,16H,9H2,1H3,(H,20,23)(H,21,24)(H,22,25)(H,26,27). The molecule has 1 unspecified atom stereocenters. The van der Waals surface area contributed by atoms with E-state index in [9.17, 15) is 19.2 Å². The summed E-state index contributed by atoms with van der Waals surface area (Å²) < 4.78 is 0. The predicted molar refractivity (Wildman–Crippen MR) is 106 cm³/mol. The van der Waals surface area contributed by atoms with E-state index in [1.54, 1.807) is 24.3 Å². The summed E-state index contributed by atoms with van der Waals surface area (Å²) in [6.07, 6.45) is -0.0857. The molecule has 1 atom stereocenters. The van der Waals surface area contributed by atoms with E-state index in [1.807, 2.05) is 0 Å². The van der Waals surface area contributed by atoms with Gasteiger partial charge in [0.2, 0.25) is 17.7 Å². The number of hydrogen-bond donors (Lipinski definition) is 4. The number of carboxylic acids is 1. The van der Waals surface area contributed by atoms with E-state index in [2.05, 4.69) is 16.0 Å². The van der Waals surface area contributed by atoms with Crippen molar-refractivity contribution in [3.8, 4) is 0 Å². The number of carbonyl (C=O) groups excluding carboxylic acids is 3. The fraction of sp³-hybridized carbons (Fsp3) is 0.158. The van der Waals surface area contributed by atoms with Gasteiger partial charge in [0.15, 0.2) is 0 Å². The Labute approximate surface area is 164 Å². The molecular formula is C19H17N3O5S. The lowest BCUT2D eigenvalue weighted by Gasteiger charge is -2.24. The smallest absolute Gasteiger partial charge is 0.335 e. The maximum absolute atomic E-state index is 12.4. The lowest BCUT2D eigenvalue weighted by atomic mass is 10.2. The van der Waals surface area contributed by atoms with Crippen LogP contribution in [-0.4, -0.2) is 34.0 Å². The molecule has 4 N–H and O–H groups in total. The largest absolute Gasteiger partial charge is 0.478 e. The van der Waals surface area contributed by atoms with Gasteiger partial charge in [0.25, 0.3) is 0 Å². The number of benzene rings is 2. The number of fused-ring (bicyclic) bond motifs is 1. The summed E-state index contributed by atoms with van der Waals surface area (Å²) in [5.41, 5.74) is 1.68. The van der Waals surface area contributed by atoms with Gasteiger partial charge in [0.05, 0.1) is 16.5 Å². The molecule has 28 heavy (non-hydrogen) atoms. The summed E-state index contributed by atoms with van der Waals surface area (Å²) in [6.45, 7) is 1.39. The summed E-state index contributed by atoms with van der Waals surface area (Å²) in [5, 5.41) is 16.4. The van der Waals surface area contributed by atoms with Crippen LogP contribution >= 0.6 is 11.8 Å². The van der Waals surface area contributed by atoms with Crippen LogP contribution in [0.4, 0.5) is 17.1 Å². The van der Waals surface area contributed by atoms with Crippen molar-refractivity contribution < 1.29 is 24.3 Å². The molecule has 0 saturated heterocycles. The summed E-state index contributed by atoms with van der Waals surface area (Å²) in [5.74, 6) is -1.97. The highest BCUT2D eigenvalue weighted by atomic mass is 32.2. The first kappa shape index (κ1) is 19.4. The van der Waals surface area contributed by atoms with Gasteiger partial charge in [-0.2, -0.15) is 0 Å². The number of amides is 3. The van der Waals surface area contributed by atoms with Crippen LogP contribution in [0, 0.1) is 0 Å². The second-order valence-electron chi connectivity index (χ2n) is 6.13. The molecule has 0 aromatic heterocycles. The van der Waals surface area contributed by atoms with Gasteiger partial charge in [0, 0.05) is 29.6 Å². The normalized spacial score (nSPS) is 15.2. The van der Waals surface area contributed by atoms with Crippen molar-refractivity contribution in [2.75, 3.05) is 16.0 Å². The Balaban J connectivity index is 1.67. The molecule has 1 heterocycles. The average molecular weight is 399 g/mol. The Hall–Kier alpha value is -3.33. The molecule has 1 aliphatic heterocycles. The topological polar surface area (TPSA) is 125 Å². The summed E-state index contributed by atoms with van der Waals surface area (Å²) in [7, 11) is 0. The second-order valence-corrected chi connectivity index (χ2v) is 7.37. The first-order chi connectivity index (χ1) is 13.3. The Morgan fingerprint density at radius 3 is 2.50 bits per heavy atom. The van der Waals surface area contributed by atoms with Crippen LogP contribution in [0.15, 0.2) is 47.4 Å². The highest BCUT2D eigenvalue weighted by Crippen LogP contribution is 2.37. The fourth-order valence-corrected chi connectivity index (χ4v) is 3.82. The molecular weight excluding hydrogens is 382 g/mol. The van der Waals surface area contributed by atoms with E-state index in [0.29, 0.717) is 22.0 Å². The molecule has 9 heteroatoms. The quantitative estimate of drug-likeness (QED) is 0.613. The number of thioether (sulfide) groups is 1. The number of carboxylic acid groups (broad SMARTS) is 1. The lowest BCUT2D eigenvalue weighted by Crippen LogP contribution is -2.32. The van der Waals surface area contributed by atoms with Crippen LogP contribution in [-0.2, 0) is 14.4 Å². The lowest BCUT2D eigenvalue weighted by molar-refractivity contribution is -0.120. The molecule has 2 aromatic carbocycles. The van der Waals surface area contributed by atoms with Crippen molar-refractivity contribution in [2.45, 2.75) is 23.5 Å². The van der Waals surface area contributed by atoms with Crippen molar-refractivity contribution >= 4 is 52.5 Å². The van der Waals surface area contributed by atoms with E-state index < -0.39 is 11.2 Å². The molecule has 1 aliphatic rings. The Kier molecular flexibility index (Phi) is 5.65. The van der Waals surface area contributed by atoms with E-state index in [-0.39, 0.29) is 29.7 Å². The van der Waals surface area contributed by atoms with Gasteiger partial charge < -0.3 is 21.1 Å². The highest BCUT2D eigenvalue weighted by Gasteiger charge is 2.29. The third-order valence-electron chi connectivity index (χ3n) is 3.89. The second kappa shape index (κ2) is 8.13. The van der Waals surface area contributed by atoms with Crippen molar-refractivity contribution in [1.29, 1.82) is 0 Å². The third-order valence-corrected chi connectivity index (χ3v) is 5.14.